The maximum Gasteiger partial charge on any atom is 0.234 e. The molecule has 1 N–H and O–H groups in total. The van der Waals surface area contributed by atoms with E-state index in [4.69, 9.17) is 4.74 Å². The lowest BCUT2D eigenvalue weighted by atomic mass is 10.0. The number of aromatic nitrogens is 3. The molecular weight excluding hydrogens is 432 g/mol. The number of anilines is 1. The van der Waals surface area contributed by atoms with Gasteiger partial charge >= 0.3 is 0 Å². The van der Waals surface area contributed by atoms with E-state index in [2.05, 4.69) is 29.4 Å². The number of amides is 1. The fourth-order valence-electron chi connectivity index (χ4n) is 3.55. The van der Waals surface area contributed by atoms with Crippen molar-refractivity contribution in [3.05, 3.63) is 84.4 Å². The number of benzene rings is 3. The molecule has 0 saturated carbocycles. The summed E-state index contributed by atoms with van der Waals surface area (Å²) in [5.41, 5.74) is 3.77. The van der Waals surface area contributed by atoms with E-state index in [1.807, 2.05) is 83.4 Å². The van der Waals surface area contributed by atoms with Gasteiger partial charge in [0.15, 0.2) is 11.0 Å². The molecule has 0 radical (unpaired) electrons. The zero-order valence-corrected chi connectivity index (χ0v) is 19.7. The molecule has 0 aliphatic rings. The Morgan fingerprint density at radius 3 is 2.52 bits per heavy atom. The SMILES string of the molecule is COc1cccc(-c2nnc(SCC(=O)Nc3ccccc3C(C)C)n2-c2ccccc2)c1. The van der Waals surface area contributed by atoms with Crippen LogP contribution in [0.25, 0.3) is 17.1 Å². The monoisotopic (exact) mass is 458 g/mol. The average molecular weight is 459 g/mol. The highest BCUT2D eigenvalue weighted by molar-refractivity contribution is 7.99. The molecule has 0 bridgehead atoms. The first-order valence-corrected chi connectivity index (χ1v) is 11.7. The molecule has 0 atom stereocenters. The summed E-state index contributed by atoms with van der Waals surface area (Å²) in [6, 6.07) is 25.5. The highest BCUT2D eigenvalue weighted by Crippen LogP contribution is 2.30. The van der Waals surface area contributed by atoms with Crippen molar-refractivity contribution in [3.8, 4) is 22.8 Å². The van der Waals surface area contributed by atoms with Crippen LogP contribution in [-0.2, 0) is 4.79 Å². The molecule has 7 heteroatoms. The van der Waals surface area contributed by atoms with Crippen LogP contribution in [0.5, 0.6) is 5.75 Å². The summed E-state index contributed by atoms with van der Waals surface area (Å²) in [6.07, 6.45) is 0. The summed E-state index contributed by atoms with van der Waals surface area (Å²) in [5, 5.41) is 12.5. The Hall–Kier alpha value is -3.58. The number of nitrogens with one attached hydrogen (secondary N) is 1. The van der Waals surface area contributed by atoms with E-state index in [9.17, 15) is 4.79 Å². The van der Waals surface area contributed by atoms with Gasteiger partial charge in [-0.25, -0.2) is 0 Å². The van der Waals surface area contributed by atoms with Crippen LogP contribution in [0.4, 0.5) is 5.69 Å². The molecule has 0 aliphatic heterocycles. The molecular formula is C26H26N4O2S. The second kappa shape index (κ2) is 10.4. The second-order valence-corrected chi connectivity index (χ2v) is 8.73. The van der Waals surface area contributed by atoms with Crippen LogP contribution in [0.1, 0.15) is 25.3 Å². The summed E-state index contributed by atoms with van der Waals surface area (Å²) in [6.45, 7) is 4.23. The van der Waals surface area contributed by atoms with E-state index in [-0.39, 0.29) is 11.7 Å². The van der Waals surface area contributed by atoms with E-state index in [1.165, 1.54) is 11.8 Å². The zero-order valence-electron chi connectivity index (χ0n) is 18.9. The van der Waals surface area contributed by atoms with Gasteiger partial charge in [0.1, 0.15) is 5.75 Å². The first kappa shape index (κ1) is 22.6. The number of hydrogen-bond acceptors (Lipinski definition) is 5. The highest BCUT2D eigenvalue weighted by Gasteiger charge is 2.18. The molecule has 6 nitrogen and oxygen atoms in total. The number of ether oxygens (including phenoxy) is 1. The molecule has 4 rings (SSSR count). The molecule has 0 unspecified atom stereocenters. The summed E-state index contributed by atoms with van der Waals surface area (Å²) in [5.74, 6) is 1.88. The number of thioether (sulfide) groups is 1. The minimum Gasteiger partial charge on any atom is -0.497 e. The minimum atomic E-state index is -0.0846. The van der Waals surface area contributed by atoms with Gasteiger partial charge in [0, 0.05) is 16.9 Å². The van der Waals surface area contributed by atoms with E-state index < -0.39 is 0 Å². The maximum absolute atomic E-state index is 12.8. The van der Waals surface area contributed by atoms with Crippen molar-refractivity contribution in [2.24, 2.45) is 0 Å². The van der Waals surface area contributed by atoms with Crippen LogP contribution in [0.3, 0.4) is 0 Å². The topological polar surface area (TPSA) is 69.0 Å². The molecule has 33 heavy (non-hydrogen) atoms. The maximum atomic E-state index is 12.8. The zero-order chi connectivity index (χ0) is 23.2. The van der Waals surface area contributed by atoms with Crippen LogP contribution in [-0.4, -0.2) is 33.5 Å². The van der Waals surface area contributed by atoms with Crippen LogP contribution in [0, 0.1) is 0 Å². The first-order chi connectivity index (χ1) is 16.1. The quantitative estimate of drug-likeness (QED) is 0.338. The Bertz CT molecular complexity index is 1240. The summed E-state index contributed by atoms with van der Waals surface area (Å²) in [7, 11) is 1.64. The van der Waals surface area contributed by atoms with Crippen molar-refractivity contribution in [3.63, 3.8) is 0 Å². The van der Waals surface area contributed by atoms with Crippen molar-refractivity contribution in [1.82, 2.24) is 14.8 Å². The van der Waals surface area contributed by atoms with E-state index in [0.717, 1.165) is 28.3 Å². The third-order valence-electron chi connectivity index (χ3n) is 5.16. The van der Waals surface area contributed by atoms with Gasteiger partial charge < -0.3 is 10.1 Å². The fraction of sp³-hybridized carbons (Fsp3) is 0.192. The Morgan fingerprint density at radius 1 is 1.00 bits per heavy atom. The predicted molar refractivity (Wildman–Crippen MR) is 133 cm³/mol. The van der Waals surface area contributed by atoms with Crippen molar-refractivity contribution in [2.75, 3.05) is 18.2 Å². The Labute approximate surface area is 198 Å². The third kappa shape index (κ3) is 5.26. The number of methoxy groups -OCH3 is 1. The number of carbonyl (C=O) groups excluding carboxylic acids is 1. The molecule has 4 aromatic rings. The van der Waals surface area contributed by atoms with Gasteiger partial charge in [-0.3, -0.25) is 9.36 Å². The van der Waals surface area contributed by atoms with Gasteiger partial charge in [-0.15, -0.1) is 10.2 Å². The van der Waals surface area contributed by atoms with Crippen LogP contribution in [0.15, 0.2) is 84.0 Å². The number of rotatable bonds is 8. The van der Waals surface area contributed by atoms with Crippen LogP contribution >= 0.6 is 11.8 Å². The summed E-state index contributed by atoms with van der Waals surface area (Å²) < 4.78 is 7.34. The number of para-hydroxylation sites is 2. The molecule has 0 saturated heterocycles. The standard InChI is InChI=1S/C26H26N4O2S/c1-18(2)22-14-7-8-15-23(22)27-24(31)17-33-26-29-28-25(19-10-9-13-21(16-19)32-3)30(26)20-11-5-4-6-12-20/h4-16,18H,17H2,1-3H3,(H,27,31). The van der Waals surface area contributed by atoms with Crippen molar-refractivity contribution >= 4 is 23.4 Å². The molecule has 0 fully saturated rings. The lowest BCUT2D eigenvalue weighted by Gasteiger charge is -2.14. The molecule has 1 amide bonds. The lowest BCUT2D eigenvalue weighted by molar-refractivity contribution is -0.113. The van der Waals surface area contributed by atoms with Crippen molar-refractivity contribution in [2.45, 2.75) is 24.9 Å². The van der Waals surface area contributed by atoms with Gasteiger partial charge in [-0.2, -0.15) is 0 Å². The normalized spacial score (nSPS) is 10.9. The van der Waals surface area contributed by atoms with Gasteiger partial charge in [-0.1, -0.05) is 74.1 Å². The van der Waals surface area contributed by atoms with E-state index >= 15 is 0 Å². The molecule has 1 heterocycles. The molecule has 168 valence electrons. The van der Waals surface area contributed by atoms with Crippen LogP contribution < -0.4 is 10.1 Å². The van der Waals surface area contributed by atoms with Gasteiger partial charge in [0.25, 0.3) is 0 Å². The second-order valence-electron chi connectivity index (χ2n) is 7.79. The molecule has 0 spiro atoms. The van der Waals surface area contributed by atoms with Gasteiger partial charge in [-0.05, 0) is 41.8 Å². The average Bonchev–Trinajstić information content (AvgIpc) is 3.27. The predicted octanol–water partition coefficient (Wildman–Crippen LogP) is 5.80. The number of carbonyl (C=O) groups is 1. The van der Waals surface area contributed by atoms with Crippen molar-refractivity contribution in [1.29, 1.82) is 0 Å². The Morgan fingerprint density at radius 2 is 1.76 bits per heavy atom. The summed E-state index contributed by atoms with van der Waals surface area (Å²) >= 11 is 1.36. The number of nitrogens with zero attached hydrogens (tertiary/aromatic N) is 3. The highest BCUT2D eigenvalue weighted by atomic mass is 32.2. The van der Waals surface area contributed by atoms with Gasteiger partial charge in [0.2, 0.25) is 5.91 Å². The van der Waals surface area contributed by atoms with E-state index in [1.54, 1.807) is 7.11 Å². The Kier molecular flexibility index (Phi) is 7.10. The largest absolute Gasteiger partial charge is 0.497 e. The number of hydrogen-bond donors (Lipinski definition) is 1. The smallest absolute Gasteiger partial charge is 0.234 e. The summed E-state index contributed by atoms with van der Waals surface area (Å²) in [4.78, 5) is 12.8. The van der Waals surface area contributed by atoms with E-state index in [0.29, 0.717) is 16.9 Å². The third-order valence-corrected chi connectivity index (χ3v) is 6.09. The first-order valence-electron chi connectivity index (χ1n) is 10.7. The molecule has 0 aliphatic carbocycles. The van der Waals surface area contributed by atoms with Gasteiger partial charge in [0.05, 0.1) is 12.9 Å². The Balaban J connectivity index is 1.59. The van der Waals surface area contributed by atoms with Crippen LogP contribution in [0.2, 0.25) is 0 Å². The minimum absolute atomic E-state index is 0.0846. The lowest BCUT2D eigenvalue weighted by Crippen LogP contribution is -2.16. The van der Waals surface area contributed by atoms with Crippen molar-refractivity contribution < 1.29 is 9.53 Å². The molecule has 1 aromatic heterocycles. The molecule has 3 aromatic carbocycles. The fourth-order valence-corrected chi connectivity index (χ4v) is 4.30.